The van der Waals surface area contributed by atoms with Crippen molar-refractivity contribution in [2.45, 2.75) is 0 Å². The number of aromatic nitrogens is 2. The largest absolute Gasteiger partial charge is 0.497 e. The second-order valence-corrected chi connectivity index (χ2v) is 5.10. The highest BCUT2D eigenvalue weighted by Gasteiger charge is 2.21. The van der Waals surface area contributed by atoms with Crippen LogP contribution in [0.15, 0.2) is 54.7 Å². The van der Waals surface area contributed by atoms with Gasteiger partial charge in [-0.05, 0) is 36.4 Å². The normalized spacial score (nSPS) is 10.4. The van der Waals surface area contributed by atoms with E-state index < -0.39 is 28.1 Å². The average molecular weight is 357 g/mol. The van der Waals surface area contributed by atoms with Crippen LogP contribution >= 0.6 is 0 Å². The number of nitro groups is 1. The molecule has 3 rings (SSSR count). The third-order valence-corrected chi connectivity index (χ3v) is 3.46. The monoisotopic (exact) mass is 357 g/mol. The lowest BCUT2D eigenvalue weighted by molar-refractivity contribution is -0.385. The van der Waals surface area contributed by atoms with E-state index in [0.717, 1.165) is 18.2 Å². The molecule has 0 bridgehead atoms. The van der Waals surface area contributed by atoms with Crippen LogP contribution in [0.2, 0.25) is 0 Å². The summed E-state index contributed by atoms with van der Waals surface area (Å²) >= 11 is 0. The van der Waals surface area contributed by atoms with E-state index in [9.17, 15) is 19.3 Å². The Morgan fingerprint density at radius 2 is 1.92 bits per heavy atom. The molecule has 0 saturated heterocycles. The number of methoxy groups -OCH3 is 1. The predicted octanol–water partition coefficient (Wildman–Crippen LogP) is 3.15. The van der Waals surface area contributed by atoms with E-state index in [4.69, 9.17) is 9.47 Å². The summed E-state index contributed by atoms with van der Waals surface area (Å²) in [5, 5.41) is 15.0. The maximum Gasteiger partial charge on any atom is 0.364 e. The molecule has 8 nitrogen and oxygen atoms in total. The minimum atomic E-state index is -0.939. The summed E-state index contributed by atoms with van der Waals surface area (Å²) in [6.07, 6.45) is 1.53. The number of ether oxygens (including phenoxy) is 2. The zero-order valence-corrected chi connectivity index (χ0v) is 13.5. The average Bonchev–Trinajstić information content (AvgIpc) is 3.12. The fraction of sp³-hybridized carbons (Fsp3) is 0.0588. The first-order chi connectivity index (χ1) is 12.5. The lowest BCUT2D eigenvalue weighted by Gasteiger charge is -2.04. The molecule has 3 aromatic rings. The second-order valence-electron chi connectivity index (χ2n) is 5.10. The van der Waals surface area contributed by atoms with E-state index in [1.165, 1.54) is 16.9 Å². The summed E-state index contributed by atoms with van der Waals surface area (Å²) in [5.41, 5.74) is 0.0651. The summed E-state index contributed by atoms with van der Waals surface area (Å²) < 4.78 is 24.7. The minimum absolute atomic E-state index is 0.0839. The molecule has 0 aliphatic carbocycles. The van der Waals surface area contributed by atoms with Crippen molar-refractivity contribution < 1.29 is 23.6 Å². The smallest absolute Gasteiger partial charge is 0.364 e. The van der Waals surface area contributed by atoms with Gasteiger partial charge in [-0.3, -0.25) is 10.1 Å². The Morgan fingerprint density at radius 3 is 2.58 bits per heavy atom. The van der Waals surface area contributed by atoms with Gasteiger partial charge in [0, 0.05) is 18.3 Å². The number of esters is 1. The van der Waals surface area contributed by atoms with E-state index in [2.05, 4.69) is 5.10 Å². The molecule has 0 unspecified atom stereocenters. The summed E-state index contributed by atoms with van der Waals surface area (Å²) in [6.45, 7) is 0. The maximum absolute atomic E-state index is 13.3. The number of nitrogens with zero attached hydrogens (tertiary/aromatic N) is 3. The van der Waals surface area contributed by atoms with Crippen molar-refractivity contribution in [3.05, 3.63) is 76.4 Å². The van der Waals surface area contributed by atoms with Gasteiger partial charge in [0.25, 0.3) is 0 Å². The number of rotatable bonds is 5. The Hall–Kier alpha value is -3.75. The number of nitro benzene ring substituents is 1. The molecule has 0 N–H and O–H groups in total. The molecular formula is C17H12FN3O5. The number of hydrogen-bond acceptors (Lipinski definition) is 6. The van der Waals surface area contributed by atoms with Crippen molar-refractivity contribution >= 4 is 11.7 Å². The van der Waals surface area contributed by atoms with E-state index in [1.54, 1.807) is 31.4 Å². The fourth-order valence-electron chi connectivity index (χ4n) is 2.18. The molecule has 0 atom stereocenters. The molecule has 0 aliphatic rings. The van der Waals surface area contributed by atoms with Crippen LogP contribution in [0, 0.1) is 15.9 Å². The number of hydrogen-bond donors (Lipinski definition) is 0. The zero-order chi connectivity index (χ0) is 18.7. The second kappa shape index (κ2) is 7.01. The van der Waals surface area contributed by atoms with Gasteiger partial charge >= 0.3 is 11.7 Å². The van der Waals surface area contributed by atoms with Crippen molar-refractivity contribution in [2.24, 2.45) is 0 Å². The Morgan fingerprint density at radius 1 is 1.19 bits per heavy atom. The standard InChI is InChI=1S/C17H12FN3O5/c1-25-13-5-3-12(4-6-13)20-9-8-14(19-20)17(22)26-16-10-11(18)2-7-15(16)21(23)24/h2-10H,1H3. The van der Waals surface area contributed by atoms with Crippen LogP contribution in [-0.4, -0.2) is 27.8 Å². The van der Waals surface area contributed by atoms with Gasteiger partial charge < -0.3 is 9.47 Å². The van der Waals surface area contributed by atoms with Gasteiger partial charge in [-0.25, -0.2) is 13.9 Å². The van der Waals surface area contributed by atoms with Crippen molar-refractivity contribution in [2.75, 3.05) is 7.11 Å². The van der Waals surface area contributed by atoms with Crippen LogP contribution in [0.5, 0.6) is 11.5 Å². The number of carbonyl (C=O) groups excluding carboxylic acids is 1. The van der Waals surface area contributed by atoms with Gasteiger partial charge in [0.05, 0.1) is 17.7 Å². The number of carbonyl (C=O) groups is 1. The van der Waals surface area contributed by atoms with Crippen LogP contribution in [0.4, 0.5) is 10.1 Å². The first-order valence-electron chi connectivity index (χ1n) is 7.34. The first-order valence-corrected chi connectivity index (χ1v) is 7.34. The minimum Gasteiger partial charge on any atom is -0.497 e. The molecule has 0 aliphatic heterocycles. The van der Waals surface area contributed by atoms with Gasteiger partial charge in [-0.2, -0.15) is 5.10 Å². The Labute approximate surface area is 146 Å². The van der Waals surface area contributed by atoms with Gasteiger partial charge in [-0.1, -0.05) is 0 Å². The Balaban J connectivity index is 1.82. The fourth-order valence-corrected chi connectivity index (χ4v) is 2.18. The zero-order valence-electron chi connectivity index (χ0n) is 13.5. The Kier molecular flexibility index (Phi) is 4.61. The maximum atomic E-state index is 13.3. The molecule has 132 valence electrons. The van der Waals surface area contributed by atoms with Crippen molar-refractivity contribution in [1.82, 2.24) is 9.78 Å². The summed E-state index contributed by atoms with van der Waals surface area (Å²) in [4.78, 5) is 22.4. The van der Waals surface area contributed by atoms with E-state index in [1.807, 2.05) is 0 Å². The van der Waals surface area contributed by atoms with E-state index in [0.29, 0.717) is 11.4 Å². The third kappa shape index (κ3) is 3.51. The van der Waals surface area contributed by atoms with Gasteiger partial charge in [0.2, 0.25) is 5.75 Å². The predicted molar refractivity (Wildman–Crippen MR) is 88.1 cm³/mol. The van der Waals surface area contributed by atoms with Crippen LogP contribution in [0.25, 0.3) is 5.69 Å². The lowest BCUT2D eigenvalue weighted by Crippen LogP contribution is -2.11. The molecule has 26 heavy (non-hydrogen) atoms. The van der Waals surface area contributed by atoms with Gasteiger partial charge in [-0.15, -0.1) is 0 Å². The molecule has 1 aromatic heterocycles. The van der Waals surface area contributed by atoms with Crippen LogP contribution < -0.4 is 9.47 Å². The SMILES string of the molecule is COc1ccc(-n2ccc(C(=O)Oc3cc(F)ccc3[N+](=O)[O-])n2)cc1. The van der Waals surface area contributed by atoms with Crippen molar-refractivity contribution in [3.8, 4) is 17.2 Å². The lowest BCUT2D eigenvalue weighted by atomic mass is 10.3. The van der Waals surface area contributed by atoms with Gasteiger partial charge in [0.15, 0.2) is 5.69 Å². The summed E-state index contributed by atoms with van der Waals surface area (Å²) in [5.74, 6) is -1.52. The van der Waals surface area contributed by atoms with Crippen LogP contribution in [0.1, 0.15) is 10.5 Å². The van der Waals surface area contributed by atoms with Crippen LogP contribution in [-0.2, 0) is 0 Å². The molecule has 0 fully saturated rings. The molecular weight excluding hydrogens is 345 g/mol. The number of benzene rings is 2. The molecule has 1 heterocycles. The molecule has 0 saturated carbocycles. The highest BCUT2D eigenvalue weighted by Crippen LogP contribution is 2.28. The quantitative estimate of drug-likeness (QED) is 0.301. The van der Waals surface area contributed by atoms with Crippen molar-refractivity contribution in [1.29, 1.82) is 0 Å². The highest BCUT2D eigenvalue weighted by atomic mass is 19.1. The molecule has 0 radical (unpaired) electrons. The molecule has 9 heteroatoms. The first kappa shape index (κ1) is 17.1. The number of halogens is 1. The van der Waals surface area contributed by atoms with Gasteiger partial charge in [0.1, 0.15) is 11.6 Å². The summed E-state index contributed by atoms with van der Waals surface area (Å²) in [7, 11) is 1.54. The van der Waals surface area contributed by atoms with E-state index >= 15 is 0 Å². The Bertz CT molecular complexity index is 969. The third-order valence-electron chi connectivity index (χ3n) is 3.46. The molecule has 2 aromatic carbocycles. The molecule has 0 amide bonds. The van der Waals surface area contributed by atoms with Crippen LogP contribution in [0.3, 0.4) is 0 Å². The summed E-state index contributed by atoms with van der Waals surface area (Å²) in [6, 6.07) is 10.9. The van der Waals surface area contributed by atoms with E-state index in [-0.39, 0.29) is 5.69 Å². The highest BCUT2D eigenvalue weighted by molar-refractivity contribution is 5.89. The molecule has 0 spiro atoms. The topological polar surface area (TPSA) is 96.5 Å². The van der Waals surface area contributed by atoms with Crippen molar-refractivity contribution in [3.63, 3.8) is 0 Å².